The fourth-order valence-electron chi connectivity index (χ4n) is 2.80. The van der Waals surface area contributed by atoms with Crippen LogP contribution in [0, 0.1) is 13.8 Å². The molecular weight excluding hydrogens is 400 g/mol. The molecule has 0 aliphatic rings. The third-order valence-corrected chi connectivity index (χ3v) is 5.87. The molecule has 3 aromatic carbocycles. The number of sulfonamides is 1. The second-order valence-electron chi connectivity index (χ2n) is 7.01. The van der Waals surface area contributed by atoms with E-state index in [0.29, 0.717) is 17.1 Å². The predicted molar refractivity (Wildman–Crippen MR) is 118 cm³/mol. The van der Waals surface area contributed by atoms with Crippen LogP contribution >= 0.6 is 0 Å². The topological polar surface area (TPSA) is 84.5 Å². The van der Waals surface area contributed by atoms with E-state index in [-0.39, 0.29) is 10.8 Å². The minimum atomic E-state index is -3.73. The lowest BCUT2D eigenvalue weighted by Crippen LogP contribution is -2.30. The van der Waals surface area contributed by atoms with Crippen molar-refractivity contribution < 1.29 is 17.9 Å². The maximum absolute atomic E-state index is 12.6. The van der Waals surface area contributed by atoms with Crippen molar-refractivity contribution in [3.8, 4) is 5.75 Å². The number of benzene rings is 3. The first-order valence-electron chi connectivity index (χ1n) is 9.47. The summed E-state index contributed by atoms with van der Waals surface area (Å²) in [4.78, 5) is 12.5. The van der Waals surface area contributed by atoms with Gasteiger partial charge in [0, 0.05) is 5.69 Å². The quantitative estimate of drug-likeness (QED) is 0.584. The van der Waals surface area contributed by atoms with E-state index in [2.05, 4.69) is 10.0 Å². The van der Waals surface area contributed by atoms with Crippen LogP contribution in [0.1, 0.15) is 18.1 Å². The predicted octanol–water partition coefficient (Wildman–Crippen LogP) is 4.51. The third kappa shape index (κ3) is 5.39. The highest BCUT2D eigenvalue weighted by Gasteiger charge is 2.17. The minimum Gasteiger partial charge on any atom is -0.481 e. The fourth-order valence-corrected chi connectivity index (χ4v) is 3.93. The lowest BCUT2D eigenvalue weighted by atomic mass is 10.2. The van der Waals surface area contributed by atoms with Gasteiger partial charge in [-0.15, -0.1) is 0 Å². The van der Waals surface area contributed by atoms with Crippen molar-refractivity contribution in [2.24, 2.45) is 0 Å². The Bertz CT molecular complexity index is 1140. The molecule has 0 aromatic heterocycles. The molecule has 30 heavy (non-hydrogen) atoms. The zero-order valence-corrected chi connectivity index (χ0v) is 17.9. The van der Waals surface area contributed by atoms with Gasteiger partial charge in [-0.2, -0.15) is 0 Å². The molecule has 1 amide bonds. The second-order valence-corrected chi connectivity index (χ2v) is 8.69. The molecule has 3 aromatic rings. The molecular formula is C23H24N2O4S. The molecule has 0 saturated heterocycles. The number of nitrogens with one attached hydrogen (secondary N) is 2. The Balaban J connectivity index is 1.65. The van der Waals surface area contributed by atoms with Gasteiger partial charge in [0.15, 0.2) is 6.10 Å². The molecule has 0 aliphatic heterocycles. The first-order chi connectivity index (χ1) is 14.2. The molecule has 0 radical (unpaired) electrons. The smallest absolute Gasteiger partial charge is 0.265 e. The number of hydrogen-bond acceptors (Lipinski definition) is 4. The Morgan fingerprint density at radius 1 is 0.933 bits per heavy atom. The van der Waals surface area contributed by atoms with E-state index in [4.69, 9.17) is 4.74 Å². The lowest BCUT2D eigenvalue weighted by molar-refractivity contribution is -0.122. The van der Waals surface area contributed by atoms with E-state index in [0.717, 1.165) is 11.1 Å². The molecule has 0 aliphatic carbocycles. The minimum absolute atomic E-state index is 0.104. The highest BCUT2D eigenvalue weighted by atomic mass is 32.2. The highest BCUT2D eigenvalue weighted by Crippen LogP contribution is 2.21. The summed E-state index contributed by atoms with van der Waals surface area (Å²) in [6, 6.07) is 20.6. The molecule has 0 bridgehead atoms. The van der Waals surface area contributed by atoms with Gasteiger partial charge in [0.1, 0.15) is 5.75 Å². The Kier molecular flexibility index (Phi) is 6.42. The zero-order chi connectivity index (χ0) is 21.7. The van der Waals surface area contributed by atoms with E-state index >= 15 is 0 Å². The Hall–Kier alpha value is -3.32. The van der Waals surface area contributed by atoms with Crippen LogP contribution in [0.4, 0.5) is 11.4 Å². The number of carbonyl (C=O) groups is 1. The molecule has 0 unspecified atom stereocenters. The van der Waals surface area contributed by atoms with Crippen LogP contribution in [0.5, 0.6) is 5.75 Å². The van der Waals surface area contributed by atoms with Crippen molar-refractivity contribution >= 4 is 27.3 Å². The first-order valence-corrected chi connectivity index (χ1v) is 11.0. The molecule has 6 nitrogen and oxygen atoms in total. The molecule has 0 heterocycles. The Morgan fingerprint density at radius 3 is 2.30 bits per heavy atom. The Morgan fingerprint density at radius 2 is 1.63 bits per heavy atom. The number of rotatable bonds is 7. The summed E-state index contributed by atoms with van der Waals surface area (Å²) < 4.78 is 33.5. The number of para-hydroxylation sites is 1. The van der Waals surface area contributed by atoms with Crippen LogP contribution in [0.2, 0.25) is 0 Å². The van der Waals surface area contributed by atoms with Crippen LogP contribution in [-0.2, 0) is 14.8 Å². The van der Waals surface area contributed by atoms with E-state index in [1.54, 1.807) is 37.3 Å². The molecule has 0 fully saturated rings. The van der Waals surface area contributed by atoms with Crippen LogP contribution in [0.25, 0.3) is 0 Å². The van der Waals surface area contributed by atoms with E-state index in [1.807, 2.05) is 44.2 Å². The summed E-state index contributed by atoms with van der Waals surface area (Å²) in [6.45, 7) is 5.43. The van der Waals surface area contributed by atoms with E-state index in [9.17, 15) is 13.2 Å². The zero-order valence-electron chi connectivity index (χ0n) is 17.0. The largest absolute Gasteiger partial charge is 0.481 e. The molecule has 1 atom stereocenters. The van der Waals surface area contributed by atoms with Gasteiger partial charge in [-0.1, -0.05) is 30.3 Å². The second kappa shape index (κ2) is 9.00. The summed E-state index contributed by atoms with van der Waals surface area (Å²) in [5.41, 5.74) is 2.87. The van der Waals surface area contributed by atoms with Gasteiger partial charge in [0.25, 0.3) is 15.9 Å². The standard InChI is InChI=1S/C23H24N2O4S/c1-16-7-6-9-20(15-16)29-18(3)23(26)24-19-11-13-21(14-12-19)30(27,28)25-22-10-5-4-8-17(22)2/h4-15,18,25H,1-3H3,(H,24,26)/t18-/m1/s1. The van der Waals surface area contributed by atoms with Crippen LogP contribution in [0.3, 0.4) is 0 Å². The van der Waals surface area contributed by atoms with Gasteiger partial charge in [-0.05, 0) is 74.4 Å². The maximum atomic E-state index is 12.6. The number of amides is 1. The molecule has 0 spiro atoms. The first kappa shape index (κ1) is 21.4. The number of carbonyl (C=O) groups excluding carboxylic acids is 1. The summed E-state index contributed by atoms with van der Waals surface area (Å²) in [5.74, 6) is 0.284. The highest BCUT2D eigenvalue weighted by molar-refractivity contribution is 7.92. The Labute approximate surface area is 177 Å². The molecule has 0 saturated carbocycles. The third-order valence-electron chi connectivity index (χ3n) is 4.49. The number of ether oxygens (including phenoxy) is 1. The van der Waals surface area contributed by atoms with Gasteiger partial charge in [-0.25, -0.2) is 8.42 Å². The summed E-state index contributed by atoms with van der Waals surface area (Å²) >= 11 is 0. The van der Waals surface area contributed by atoms with Crippen molar-refractivity contribution in [3.05, 3.63) is 83.9 Å². The normalized spacial score (nSPS) is 12.1. The number of aryl methyl sites for hydroxylation is 2. The average molecular weight is 425 g/mol. The molecule has 156 valence electrons. The van der Waals surface area contributed by atoms with Gasteiger partial charge >= 0.3 is 0 Å². The SMILES string of the molecule is Cc1cccc(O[C@H](C)C(=O)Nc2ccc(S(=O)(=O)Nc3ccccc3C)cc2)c1. The van der Waals surface area contributed by atoms with Crippen molar-refractivity contribution in [1.29, 1.82) is 0 Å². The van der Waals surface area contributed by atoms with Gasteiger partial charge < -0.3 is 10.1 Å². The van der Waals surface area contributed by atoms with E-state index < -0.39 is 16.1 Å². The van der Waals surface area contributed by atoms with Crippen LogP contribution < -0.4 is 14.8 Å². The molecule has 2 N–H and O–H groups in total. The summed E-state index contributed by atoms with van der Waals surface area (Å²) in [6.07, 6.45) is -0.710. The van der Waals surface area contributed by atoms with Crippen molar-refractivity contribution in [2.75, 3.05) is 10.0 Å². The lowest BCUT2D eigenvalue weighted by Gasteiger charge is -2.15. The van der Waals surface area contributed by atoms with E-state index in [1.165, 1.54) is 12.1 Å². The maximum Gasteiger partial charge on any atom is 0.265 e. The fraction of sp³-hybridized carbons (Fsp3) is 0.174. The van der Waals surface area contributed by atoms with Crippen molar-refractivity contribution in [1.82, 2.24) is 0 Å². The van der Waals surface area contributed by atoms with Gasteiger partial charge in [0.05, 0.1) is 10.6 Å². The van der Waals surface area contributed by atoms with Gasteiger partial charge in [0.2, 0.25) is 0 Å². The summed E-state index contributed by atoms with van der Waals surface area (Å²) in [5, 5.41) is 2.73. The molecule has 3 rings (SSSR count). The van der Waals surface area contributed by atoms with Crippen molar-refractivity contribution in [2.45, 2.75) is 31.8 Å². The average Bonchev–Trinajstić information content (AvgIpc) is 2.70. The number of anilines is 2. The monoisotopic (exact) mass is 424 g/mol. The van der Waals surface area contributed by atoms with Crippen molar-refractivity contribution in [3.63, 3.8) is 0 Å². The number of hydrogen-bond donors (Lipinski definition) is 2. The van der Waals surface area contributed by atoms with Crippen LogP contribution in [0.15, 0.2) is 77.7 Å². The van der Waals surface area contributed by atoms with Gasteiger partial charge in [-0.3, -0.25) is 9.52 Å². The van der Waals surface area contributed by atoms with Crippen LogP contribution in [-0.4, -0.2) is 20.4 Å². The summed E-state index contributed by atoms with van der Waals surface area (Å²) in [7, 11) is -3.73. The molecule has 7 heteroatoms.